The number of hydrogen-bond acceptors (Lipinski definition) is 3. The van der Waals surface area contributed by atoms with E-state index < -0.39 is 0 Å². The van der Waals surface area contributed by atoms with Gasteiger partial charge in [0.25, 0.3) is 0 Å². The van der Waals surface area contributed by atoms with Gasteiger partial charge in [0, 0.05) is 23.7 Å². The number of halogens is 1. The van der Waals surface area contributed by atoms with E-state index in [2.05, 4.69) is 23.5 Å². The molecule has 1 saturated heterocycles. The molecule has 0 radical (unpaired) electrons. The Balaban J connectivity index is 0.00000161. The van der Waals surface area contributed by atoms with Crippen LogP contribution in [0.4, 0.5) is 0 Å². The molecule has 2 heterocycles. The molecule has 1 aromatic carbocycles. The standard InChI is InChI=1S/C16H22N2OS.ClH/c1-18(12-5-4-9-17-10-8-12)16(19)14-11-20-15-7-3-2-6-13(14)15;/h2-3,6-7,12,14,17H,4-5,8-11H2,1H3;1H. The zero-order chi connectivity index (χ0) is 13.9. The zero-order valence-electron chi connectivity index (χ0n) is 12.4. The monoisotopic (exact) mass is 326 g/mol. The molecule has 0 bridgehead atoms. The van der Waals surface area contributed by atoms with Gasteiger partial charge in [0.1, 0.15) is 0 Å². The van der Waals surface area contributed by atoms with Crippen LogP contribution in [0.5, 0.6) is 0 Å². The molecule has 0 spiro atoms. The number of likely N-dealkylation sites (N-methyl/N-ethyl adjacent to an activating group) is 1. The molecule has 0 aromatic heterocycles. The van der Waals surface area contributed by atoms with Gasteiger partial charge in [0.05, 0.1) is 5.92 Å². The SMILES string of the molecule is CN(C(=O)C1CSc2ccccc21)C1CCCNCC1.Cl. The van der Waals surface area contributed by atoms with Crippen LogP contribution in [-0.4, -0.2) is 42.7 Å². The number of benzene rings is 1. The minimum absolute atomic E-state index is 0. The first kappa shape index (κ1) is 16.7. The summed E-state index contributed by atoms with van der Waals surface area (Å²) in [5.41, 5.74) is 1.22. The molecule has 2 aliphatic heterocycles. The average Bonchev–Trinajstić information content (AvgIpc) is 2.72. The maximum atomic E-state index is 12.8. The van der Waals surface area contributed by atoms with Crippen LogP contribution < -0.4 is 5.32 Å². The smallest absolute Gasteiger partial charge is 0.230 e. The Labute approximate surface area is 137 Å². The second-order valence-electron chi connectivity index (χ2n) is 5.69. The van der Waals surface area contributed by atoms with Crippen LogP contribution in [-0.2, 0) is 4.79 Å². The van der Waals surface area contributed by atoms with E-state index in [0.29, 0.717) is 11.9 Å². The fourth-order valence-corrected chi connectivity index (χ4v) is 4.40. The highest BCUT2D eigenvalue weighted by atomic mass is 35.5. The van der Waals surface area contributed by atoms with Crippen LogP contribution in [0.3, 0.4) is 0 Å². The van der Waals surface area contributed by atoms with Gasteiger partial charge in [-0.3, -0.25) is 4.79 Å². The molecule has 1 fully saturated rings. The van der Waals surface area contributed by atoms with Crippen molar-refractivity contribution < 1.29 is 4.79 Å². The topological polar surface area (TPSA) is 32.3 Å². The van der Waals surface area contributed by atoms with E-state index in [1.807, 2.05) is 29.8 Å². The third-order valence-electron chi connectivity index (χ3n) is 4.44. The summed E-state index contributed by atoms with van der Waals surface area (Å²) in [5, 5.41) is 3.41. The molecular formula is C16H23ClN2OS. The fourth-order valence-electron chi connectivity index (χ4n) is 3.18. The lowest BCUT2D eigenvalue weighted by Crippen LogP contribution is -2.40. The van der Waals surface area contributed by atoms with E-state index in [1.54, 1.807) is 0 Å². The summed E-state index contributed by atoms with van der Waals surface area (Å²) in [7, 11) is 1.99. The molecule has 0 saturated carbocycles. The van der Waals surface area contributed by atoms with Crippen molar-refractivity contribution in [2.75, 3.05) is 25.9 Å². The molecule has 5 heteroatoms. The highest BCUT2D eigenvalue weighted by Gasteiger charge is 2.33. The Hall–Kier alpha value is -0.710. The third kappa shape index (κ3) is 3.55. The zero-order valence-corrected chi connectivity index (χ0v) is 14.0. The molecule has 1 amide bonds. The van der Waals surface area contributed by atoms with Crippen molar-refractivity contribution in [2.45, 2.75) is 36.1 Å². The molecule has 1 aromatic rings. The van der Waals surface area contributed by atoms with Gasteiger partial charge in [0.15, 0.2) is 0 Å². The lowest BCUT2D eigenvalue weighted by atomic mass is 9.98. The number of amides is 1. The molecule has 3 rings (SSSR count). The summed E-state index contributed by atoms with van der Waals surface area (Å²) >= 11 is 1.81. The Morgan fingerprint density at radius 1 is 1.29 bits per heavy atom. The van der Waals surface area contributed by atoms with Crippen molar-refractivity contribution >= 4 is 30.1 Å². The van der Waals surface area contributed by atoms with Crippen LogP contribution >= 0.6 is 24.2 Å². The predicted octanol–water partition coefficient (Wildman–Crippen LogP) is 2.90. The van der Waals surface area contributed by atoms with Crippen LogP contribution in [0.25, 0.3) is 0 Å². The van der Waals surface area contributed by atoms with Crippen molar-refractivity contribution in [3.63, 3.8) is 0 Å². The largest absolute Gasteiger partial charge is 0.342 e. The summed E-state index contributed by atoms with van der Waals surface area (Å²) in [6, 6.07) is 8.73. The molecule has 2 unspecified atom stereocenters. The molecule has 116 valence electrons. The predicted molar refractivity (Wildman–Crippen MR) is 90.4 cm³/mol. The molecule has 0 aliphatic carbocycles. The second-order valence-corrected chi connectivity index (χ2v) is 6.75. The number of nitrogens with one attached hydrogen (secondary N) is 1. The molecule has 21 heavy (non-hydrogen) atoms. The Bertz CT molecular complexity index is 489. The van der Waals surface area contributed by atoms with Crippen LogP contribution in [0, 0.1) is 0 Å². The van der Waals surface area contributed by atoms with Crippen molar-refractivity contribution in [2.24, 2.45) is 0 Å². The number of rotatable bonds is 2. The number of thioether (sulfide) groups is 1. The number of carbonyl (C=O) groups excluding carboxylic acids is 1. The van der Waals surface area contributed by atoms with Gasteiger partial charge in [-0.1, -0.05) is 18.2 Å². The summed E-state index contributed by atoms with van der Waals surface area (Å²) in [6.45, 7) is 2.11. The number of hydrogen-bond donors (Lipinski definition) is 1. The minimum Gasteiger partial charge on any atom is -0.342 e. The quantitative estimate of drug-likeness (QED) is 0.907. The van der Waals surface area contributed by atoms with Crippen LogP contribution in [0.15, 0.2) is 29.2 Å². The molecule has 2 atom stereocenters. The Morgan fingerprint density at radius 3 is 2.95 bits per heavy atom. The van der Waals surface area contributed by atoms with Crippen molar-refractivity contribution in [1.29, 1.82) is 0 Å². The number of fused-ring (bicyclic) bond motifs is 1. The van der Waals surface area contributed by atoms with Gasteiger partial charge < -0.3 is 10.2 Å². The summed E-state index contributed by atoms with van der Waals surface area (Å²) < 4.78 is 0. The van der Waals surface area contributed by atoms with E-state index in [9.17, 15) is 4.79 Å². The van der Waals surface area contributed by atoms with Crippen LogP contribution in [0.2, 0.25) is 0 Å². The lowest BCUT2D eigenvalue weighted by Gasteiger charge is -2.29. The fraction of sp³-hybridized carbons (Fsp3) is 0.562. The normalized spacial score (nSPS) is 24.6. The Morgan fingerprint density at radius 2 is 2.10 bits per heavy atom. The first-order chi connectivity index (χ1) is 9.77. The summed E-state index contributed by atoms with van der Waals surface area (Å²) in [6.07, 6.45) is 3.36. The first-order valence-electron chi connectivity index (χ1n) is 7.46. The summed E-state index contributed by atoms with van der Waals surface area (Å²) in [5.74, 6) is 1.25. The number of nitrogens with zero attached hydrogens (tertiary/aromatic N) is 1. The number of carbonyl (C=O) groups is 1. The van der Waals surface area contributed by atoms with Crippen molar-refractivity contribution in [1.82, 2.24) is 10.2 Å². The minimum atomic E-state index is 0. The van der Waals surface area contributed by atoms with Gasteiger partial charge in [-0.15, -0.1) is 24.2 Å². The average molecular weight is 327 g/mol. The van der Waals surface area contributed by atoms with Gasteiger partial charge in [-0.25, -0.2) is 0 Å². The third-order valence-corrected chi connectivity index (χ3v) is 5.62. The van der Waals surface area contributed by atoms with Gasteiger partial charge in [-0.2, -0.15) is 0 Å². The molecule has 3 nitrogen and oxygen atoms in total. The highest BCUT2D eigenvalue weighted by Crippen LogP contribution is 2.40. The van der Waals surface area contributed by atoms with E-state index >= 15 is 0 Å². The van der Waals surface area contributed by atoms with Crippen LogP contribution in [0.1, 0.15) is 30.7 Å². The van der Waals surface area contributed by atoms with Gasteiger partial charge in [-0.05, 0) is 44.0 Å². The van der Waals surface area contributed by atoms with Gasteiger partial charge >= 0.3 is 0 Å². The maximum Gasteiger partial charge on any atom is 0.230 e. The van der Waals surface area contributed by atoms with Gasteiger partial charge in [0.2, 0.25) is 5.91 Å². The molecular weight excluding hydrogens is 304 g/mol. The Kier molecular flexibility index (Phi) is 5.97. The van der Waals surface area contributed by atoms with E-state index in [1.165, 1.54) is 10.5 Å². The molecule has 1 N–H and O–H groups in total. The lowest BCUT2D eigenvalue weighted by molar-refractivity contribution is -0.133. The highest BCUT2D eigenvalue weighted by molar-refractivity contribution is 7.99. The first-order valence-corrected chi connectivity index (χ1v) is 8.45. The second kappa shape index (κ2) is 7.52. The molecule has 2 aliphatic rings. The van der Waals surface area contributed by atoms with Crippen molar-refractivity contribution in [3.8, 4) is 0 Å². The van der Waals surface area contributed by atoms with Crippen molar-refractivity contribution in [3.05, 3.63) is 29.8 Å². The van der Waals surface area contributed by atoms with E-state index in [-0.39, 0.29) is 18.3 Å². The van der Waals surface area contributed by atoms with E-state index in [4.69, 9.17) is 0 Å². The summed E-state index contributed by atoms with van der Waals surface area (Å²) in [4.78, 5) is 16.1. The van der Waals surface area contributed by atoms with E-state index in [0.717, 1.165) is 38.1 Å². The maximum absolute atomic E-state index is 12.8.